The van der Waals surface area contributed by atoms with Crippen LogP contribution < -0.4 is 14.5 Å². The fourth-order valence-electron chi connectivity index (χ4n) is 3.86. The minimum atomic E-state index is -0.419. The van der Waals surface area contributed by atoms with E-state index in [0.29, 0.717) is 17.0 Å². The van der Waals surface area contributed by atoms with Crippen LogP contribution in [0.2, 0.25) is 0 Å². The zero-order chi connectivity index (χ0) is 22.5. The van der Waals surface area contributed by atoms with Gasteiger partial charge in [-0.3, -0.25) is 9.59 Å². The van der Waals surface area contributed by atoms with Crippen molar-refractivity contribution >= 4 is 28.8 Å². The number of amides is 2. The number of ether oxygens (including phenoxy) is 1. The zero-order valence-electron chi connectivity index (χ0n) is 18.5. The number of carbonyl (C=O) groups excluding carboxylic acids is 2. The van der Waals surface area contributed by atoms with Crippen molar-refractivity contribution in [3.63, 3.8) is 0 Å². The number of hydrogen-bond acceptors (Lipinski definition) is 6. The lowest BCUT2D eigenvalue weighted by Crippen LogP contribution is -2.35. The van der Waals surface area contributed by atoms with Crippen LogP contribution in [0.5, 0.6) is 5.75 Å². The van der Waals surface area contributed by atoms with E-state index in [-0.39, 0.29) is 24.4 Å². The number of aliphatic hydroxyl groups is 1. The molecule has 0 radical (unpaired) electrons. The molecule has 164 valence electrons. The smallest absolute Gasteiger partial charge is 0.282 e. The third kappa shape index (κ3) is 4.14. The molecule has 2 amide bonds. The molecular formula is C24H29N3O4. The summed E-state index contributed by atoms with van der Waals surface area (Å²) >= 11 is 0. The molecule has 7 heteroatoms. The maximum atomic E-state index is 13.5. The Morgan fingerprint density at radius 3 is 2.19 bits per heavy atom. The molecule has 31 heavy (non-hydrogen) atoms. The molecule has 0 unspecified atom stereocenters. The number of aliphatic hydroxyl groups excluding tert-OH is 1. The highest BCUT2D eigenvalue weighted by molar-refractivity contribution is 6.45. The van der Waals surface area contributed by atoms with Gasteiger partial charge in [0, 0.05) is 37.9 Å². The van der Waals surface area contributed by atoms with Crippen LogP contribution in [0.3, 0.4) is 0 Å². The third-order valence-electron chi connectivity index (χ3n) is 5.49. The number of likely N-dealkylation sites (N-methyl/N-ethyl adjacent to an activating group) is 1. The molecule has 0 spiro atoms. The normalized spacial score (nSPS) is 13.8. The predicted octanol–water partition coefficient (Wildman–Crippen LogP) is 2.75. The second kappa shape index (κ2) is 9.66. The van der Waals surface area contributed by atoms with Crippen molar-refractivity contribution in [1.82, 2.24) is 4.90 Å². The molecule has 0 aromatic heterocycles. The van der Waals surface area contributed by atoms with Crippen LogP contribution in [0.1, 0.15) is 19.4 Å². The Morgan fingerprint density at radius 1 is 0.968 bits per heavy atom. The molecule has 7 nitrogen and oxygen atoms in total. The number of anilines is 2. The molecular weight excluding hydrogens is 394 g/mol. The van der Waals surface area contributed by atoms with E-state index in [2.05, 4.69) is 18.7 Å². The van der Waals surface area contributed by atoms with Gasteiger partial charge < -0.3 is 19.6 Å². The highest BCUT2D eigenvalue weighted by Crippen LogP contribution is 2.38. The molecule has 1 aliphatic heterocycles. The molecule has 0 saturated carbocycles. The second-order valence-corrected chi connectivity index (χ2v) is 7.20. The first-order valence-electron chi connectivity index (χ1n) is 10.4. The fourth-order valence-corrected chi connectivity index (χ4v) is 3.86. The lowest BCUT2D eigenvalue weighted by Gasteiger charge is -2.23. The first-order chi connectivity index (χ1) is 15.0. The molecule has 0 saturated heterocycles. The summed E-state index contributed by atoms with van der Waals surface area (Å²) in [6.45, 7) is 5.98. The maximum Gasteiger partial charge on any atom is 0.282 e. The summed E-state index contributed by atoms with van der Waals surface area (Å²) in [5.41, 5.74) is 2.60. The molecule has 1 N–H and O–H groups in total. The van der Waals surface area contributed by atoms with Crippen LogP contribution >= 0.6 is 0 Å². The average molecular weight is 424 g/mol. The van der Waals surface area contributed by atoms with Gasteiger partial charge in [0.25, 0.3) is 11.8 Å². The first-order valence-corrected chi connectivity index (χ1v) is 10.4. The van der Waals surface area contributed by atoms with Crippen LogP contribution in [0.25, 0.3) is 5.57 Å². The van der Waals surface area contributed by atoms with E-state index >= 15 is 0 Å². The highest BCUT2D eigenvalue weighted by Gasteiger charge is 2.42. The lowest BCUT2D eigenvalue weighted by molar-refractivity contribution is -0.120. The van der Waals surface area contributed by atoms with Gasteiger partial charge in [-0.1, -0.05) is 18.2 Å². The Morgan fingerprint density at radius 2 is 1.61 bits per heavy atom. The summed E-state index contributed by atoms with van der Waals surface area (Å²) in [6.07, 6.45) is 0. The van der Waals surface area contributed by atoms with Crippen LogP contribution in [0.4, 0.5) is 11.4 Å². The van der Waals surface area contributed by atoms with Crippen molar-refractivity contribution in [2.45, 2.75) is 13.8 Å². The van der Waals surface area contributed by atoms with Gasteiger partial charge in [-0.2, -0.15) is 0 Å². The summed E-state index contributed by atoms with van der Waals surface area (Å²) in [4.78, 5) is 31.9. The molecule has 0 atom stereocenters. The standard InChI is InChI=1S/C24H29N3O4/c1-5-26(6-2)17-11-13-18(14-12-17)27-23(29)21(19-9-7-8-10-20(19)31-4)22(24(27)30)25(3)15-16-28/h7-14,28H,5-6,15-16H2,1-4H3. The van der Waals surface area contributed by atoms with E-state index in [1.165, 1.54) is 12.0 Å². The van der Waals surface area contributed by atoms with Crippen molar-refractivity contribution in [1.29, 1.82) is 0 Å². The number of hydrogen-bond donors (Lipinski definition) is 1. The quantitative estimate of drug-likeness (QED) is 0.626. The van der Waals surface area contributed by atoms with Crippen molar-refractivity contribution in [3.8, 4) is 5.75 Å². The van der Waals surface area contributed by atoms with Crippen LogP contribution in [-0.2, 0) is 9.59 Å². The van der Waals surface area contributed by atoms with Crippen molar-refractivity contribution in [2.75, 3.05) is 50.2 Å². The van der Waals surface area contributed by atoms with Crippen molar-refractivity contribution in [2.24, 2.45) is 0 Å². The molecule has 0 aliphatic carbocycles. The largest absolute Gasteiger partial charge is 0.496 e. The zero-order valence-corrected chi connectivity index (χ0v) is 18.5. The van der Waals surface area contributed by atoms with Crippen molar-refractivity contribution in [3.05, 3.63) is 59.8 Å². The number of rotatable bonds is 9. The van der Waals surface area contributed by atoms with E-state index in [1.807, 2.05) is 18.2 Å². The lowest BCUT2D eigenvalue weighted by atomic mass is 10.0. The van der Waals surface area contributed by atoms with Gasteiger partial charge in [0.1, 0.15) is 11.4 Å². The van der Waals surface area contributed by atoms with E-state index in [0.717, 1.165) is 18.8 Å². The number of methoxy groups -OCH3 is 1. The van der Waals surface area contributed by atoms with Crippen LogP contribution in [0, 0.1) is 0 Å². The Hall–Kier alpha value is -3.32. The second-order valence-electron chi connectivity index (χ2n) is 7.20. The summed E-state index contributed by atoms with van der Waals surface area (Å²) in [5.74, 6) is -0.324. The molecule has 0 fully saturated rings. The highest BCUT2D eigenvalue weighted by atomic mass is 16.5. The van der Waals surface area contributed by atoms with E-state index in [1.54, 1.807) is 42.3 Å². The Bertz CT molecular complexity index is 981. The van der Waals surface area contributed by atoms with E-state index in [4.69, 9.17) is 4.74 Å². The minimum absolute atomic E-state index is 0.140. The topological polar surface area (TPSA) is 73.3 Å². The van der Waals surface area contributed by atoms with E-state index < -0.39 is 11.8 Å². The summed E-state index contributed by atoms with van der Waals surface area (Å²) in [5, 5.41) is 9.42. The summed E-state index contributed by atoms with van der Waals surface area (Å²) < 4.78 is 5.45. The molecule has 1 aliphatic rings. The third-order valence-corrected chi connectivity index (χ3v) is 5.49. The Kier molecular flexibility index (Phi) is 6.97. The summed E-state index contributed by atoms with van der Waals surface area (Å²) in [7, 11) is 3.22. The van der Waals surface area contributed by atoms with Gasteiger partial charge in [0.2, 0.25) is 0 Å². The SMILES string of the molecule is CCN(CC)c1ccc(N2C(=O)C(c3ccccc3OC)=C(N(C)CCO)C2=O)cc1. The average Bonchev–Trinajstić information content (AvgIpc) is 3.05. The van der Waals surface area contributed by atoms with Crippen LogP contribution in [0.15, 0.2) is 54.2 Å². The Labute approximate surface area is 183 Å². The molecule has 0 bridgehead atoms. The van der Waals surface area contributed by atoms with Gasteiger partial charge in [0.15, 0.2) is 0 Å². The minimum Gasteiger partial charge on any atom is -0.496 e. The van der Waals surface area contributed by atoms with Gasteiger partial charge in [-0.25, -0.2) is 4.90 Å². The molecule has 3 rings (SSSR count). The van der Waals surface area contributed by atoms with E-state index in [9.17, 15) is 14.7 Å². The maximum absolute atomic E-state index is 13.5. The van der Waals surface area contributed by atoms with Gasteiger partial charge >= 0.3 is 0 Å². The molecule has 2 aromatic rings. The number of benzene rings is 2. The predicted molar refractivity (Wildman–Crippen MR) is 122 cm³/mol. The number of para-hydroxylation sites is 1. The number of imide groups is 1. The Balaban J connectivity index is 2.07. The summed E-state index contributed by atoms with van der Waals surface area (Å²) in [6, 6.07) is 14.5. The van der Waals surface area contributed by atoms with Gasteiger partial charge in [-0.15, -0.1) is 0 Å². The molecule has 2 aromatic carbocycles. The number of nitrogens with zero attached hydrogens (tertiary/aromatic N) is 3. The molecule has 1 heterocycles. The first kappa shape index (κ1) is 22.4. The van der Waals surface area contributed by atoms with Gasteiger partial charge in [0.05, 0.1) is 25.0 Å². The monoisotopic (exact) mass is 423 g/mol. The van der Waals surface area contributed by atoms with Gasteiger partial charge in [-0.05, 0) is 44.2 Å². The number of carbonyl (C=O) groups is 2. The fraction of sp³-hybridized carbons (Fsp3) is 0.333. The van der Waals surface area contributed by atoms with Crippen molar-refractivity contribution < 1.29 is 19.4 Å². The van der Waals surface area contributed by atoms with Crippen LogP contribution in [-0.4, -0.2) is 62.2 Å².